The molecule has 0 unspecified atom stereocenters. The van der Waals surface area contributed by atoms with Crippen molar-refractivity contribution in [3.63, 3.8) is 0 Å². The summed E-state index contributed by atoms with van der Waals surface area (Å²) in [5, 5.41) is 0.370. The Kier molecular flexibility index (Phi) is 4.30. The van der Waals surface area contributed by atoms with Crippen LogP contribution in [0.4, 0.5) is 4.39 Å². The summed E-state index contributed by atoms with van der Waals surface area (Å²) in [6.45, 7) is 0. The molecule has 0 aliphatic heterocycles. The van der Waals surface area contributed by atoms with Crippen LogP contribution < -0.4 is 5.73 Å². The lowest BCUT2D eigenvalue weighted by atomic mass is 9.98. The van der Waals surface area contributed by atoms with Gasteiger partial charge in [0.25, 0.3) is 0 Å². The van der Waals surface area contributed by atoms with E-state index in [0.29, 0.717) is 10.6 Å². The minimum absolute atomic E-state index is 0.0205. The summed E-state index contributed by atoms with van der Waals surface area (Å²) in [5.41, 5.74) is 7.08. The number of benzene rings is 2. The van der Waals surface area contributed by atoms with Crippen LogP contribution in [0.1, 0.15) is 17.2 Å². The molecule has 0 saturated carbocycles. The largest absolute Gasteiger partial charge is 0.318 e. The number of carbonyl (C=O) groups excluding carboxylic acids is 1. The van der Waals surface area contributed by atoms with Crippen molar-refractivity contribution in [2.45, 2.75) is 12.5 Å². The van der Waals surface area contributed by atoms with Gasteiger partial charge in [-0.05, 0) is 29.3 Å². The van der Waals surface area contributed by atoms with E-state index in [4.69, 9.17) is 17.3 Å². The smallest absolute Gasteiger partial charge is 0.158 e. The maximum atomic E-state index is 13.1. The molecule has 2 nitrogen and oxygen atoms in total. The number of rotatable bonds is 4. The van der Waals surface area contributed by atoms with Crippen molar-refractivity contribution >= 4 is 17.4 Å². The van der Waals surface area contributed by atoms with Gasteiger partial charge in [0, 0.05) is 11.4 Å². The first-order valence-electron chi connectivity index (χ1n) is 5.85. The maximum Gasteiger partial charge on any atom is 0.158 e. The third-order valence-corrected chi connectivity index (χ3v) is 3.25. The second-order valence-electron chi connectivity index (χ2n) is 4.27. The van der Waals surface area contributed by atoms with Crippen molar-refractivity contribution in [1.29, 1.82) is 0 Å². The van der Waals surface area contributed by atoms with Crippen LogP contribution in [-0.4, -0.2) is 5.78 Å². The number of nitrogens with two attached hydrogens (primary N) is 1. The average molecular weight is 278 g/mol. The molecule has 0 saturated heterocycles. The normalized spacial score (nSPS) is 12.2. The van der Waals surface area contributed by atoms with Crippen LogP contribution in [-0.2, 0) is 11.2 Å². The highest BCUT2D eigenvalue weighted by Crippen LogP contribution is 2.20. The van der Waals surface area contributed by atoms with Crippen molar-refractivity contribution in [1.82, 2.24) is 0 Å². The number of carbonyl (C=O) groups is 1. The van der Waals surface area contributed by atoms with E-state index in [9.17, 15) is 9.18 Å². The molecule has 2 aromatic rings. The zero-order valence-corrected chi connectivity index (χ0v) is 10.9. The first kappa shape index (κ1) is 13.7. The van der Waals surface area contributed by atoms with Gasteiger partial charge in [0.05, 0.1) is 6.04 Å². The fourth-order valence-electron chi connectivity index (χ4n) is 1.82. The van der Waals surface area contributed by atoms with Gasteiger partial charge in [-0.1, -0.05) is 41.9 Å². The second-order valence-corrected chi connectivity index (χ2v) is 4.67. The van der Waals surface area contributed by atoms with Crippen LogP contribution in [0.5, 0.6) is 0 Å². The number of Topliss-reactive ketones (excluding diaryl/α,β-unsaturated/α-hetero) is 1. The van der Waals surface area contributed by atoms with Crippen LogP contribution >= 0.6 is 11.6 Å². The van der Waals surface area contributed by atoms with E-state index in [2.05, 4.69) is 0 Å². The van der Waals surface area contributed by atoms with Crippen molar-refractivity contribution in [2.75, 3.05) is 0 Å². The van der Waals surface area contributed by atoms with E-state index in [0.717, 1.165) is 5.56 Å². The molecule has 0 fully saturated rings. The predicted octanol–water partition coefficient (Wildman–Crippen LogP) is 3.29. The van der Waals surface area contributed by atoms with E-state index >= 15 is 0 Å². The van der Waals surface area contributed by atoms with Gasteiger partial charge in [-0.2, -0.15) is 0 Å². The third kappa shape index (κ3) is 3.40. The number of hydrogen-bond acceptors (Lipinski definition) is 2. The van der Waals surface area contributed by atoms with Gasteiger partial charge in [0.1, 0.15) is 5.82 Å². The summed E-state index contributed by atoms with van der Waals surface area (Å²) in [6, 6.07) is 12.3. The van der Waals surface area contributed by atoms with Crippen LogP contribution in [0.3, 0.4) is 0 Å². The van der Waals surface area contributed by atoms with Gasteiger partial charge in [-0.25, -0.2) is 4.39 Å². The van der Waals surface area contributed by atoms with Crippen LogP contribution in [0.15, 0.2) is 48.5 Å². The fraction of sp³-hybridized carbons (Fsp3) is 0.133. The summed E-state index contributed by atoms with van der Waals surface area (Å²) >= 11 is 5.93. The first-order valence-corrected chi connectivity index (χ1v) is 6.23. The van der Waals surface area contributed by atoms with Crippen molar-refractivity contribution < 1.29 is 9.18 Å². The molecule has 19 heavy (non-hydrogen) atoms. The van der Waals surface area contributed by atoms with Crippen molar-refractivity contribution in [3.8, 4) is 0 Å². The molecule has 2 rings (SSSR count). The fourth-order valence-corrected chi connectivity index (χ4v) is 2.01. The zero-order chi connectivity index (χ0) is 13.8. The van der Waals surface area contributed by atoms with Gasteiger partial charge >= 0.3 is 0 Å². The Balaban J connectivity index is 2.15. The molecule has 0 aliphatic carbocycles. The number of ketones is 1. The Bertz CT molecular complexity index is 586. The summed E-state index contributed by atoms with van der Waals surface area (Å²) < 4.78 is 13.1. The van der Waals surface area contributed by atoms with E-state index in [1.54, 1.807) is 12.1 Å². The van der Waals surface area contributed by atoms with Crippen LogP contribution in [0, 0.1) is 5.82 Å². The van der Waals surface area contributed by atoms with Crippen molar-refractivity contribution in [3.05, 3.63) is 70.5 Å². The highest BCUT2D eigenvalue weighted by Gasteiger charge is 2.17. The molecular formula is C15H13ClFNO. The lowest BCUT2D eigenvalue weighted by molar-refractivity contribution is -0.119. The quantitative estimate of drug-likeness (QED) is 0.932. The molecule has 0 spiro atoms. The maximum absolute atomic E-state index is 13.1. The lowest BCUT2D eigenvalue weighted by Crippen LogP contribution is -2.23. The summed E-state index contributed by atoms with van der Waals surface area (Å²) in [5.74, 6) is -0.612. The highest BCUT2D eigenvalue weighted by molar-refractivity contribution is 6.31. The molecule has 0 aromatic heterocycles. The molecule has 1 atom stereocenters. The third-order valence-electron chi connectivity index (χ3n) is 2.88. The first-order chi connectivity index (χ1) is 9.08. The molecule has 0 amide bonds. The Hall–Kier alpha value is -1.71. The van der Waals surface area contributed by atoms with Gasteiger partial charge in [0.2, 0.25) is 0 Å². The van der Waals surface area contributed by atoms with Crippen molar-refractivity contribution in [2.24, 2.45) is 5.73 Å². The summed E-state index contributed by atoms with van der Waals surface area (Å²) in [7, 11) is 0. The Morgan fingerprint density at radius 3 is 2.58 bits per heavy atom. The van der Waals surface area contributed by atoms with Gasteiger partial charge in [-0.15, -0.1) is 0 Å². The Morgan fingerprint density at radius 2 is 1.89 bits per heavy atom. The van der Waals surface area contributed by atoms with Crippen LogP contribution in [0.25, 0.3) is 0 Å². The SMILES string of the molecule is N[C@@H](C(=O)Cc1cc(F)ccc1Cl)c1ccccc1. The van der Waals surface area contributed by atoms with Crippen LogP contribution in [0.2, 0.25) is 5.02 Å². The molecule has 2 aromatic carbocycles. The molecule has 2 N–H and O–H groups in total. The van der Waals surface area contributed by atoms with E-state index in [1.807, 2.05) is 18.2 Å². The Labute approximate surface area is 116 Å². The molecule has 0 aliphatic rings. The molecule has 0 bridgehead atoms. The molecule has 0 radical (unpaired) electrons. The Morgan fingerprint density at radius 1 is 1.21 bits per heavy atom. The highest BCUT2D eigenvalue weighted by atomic mass is 35.5. The molecular weight excluding hydrogens is 265 g/mol. The minimum Gasteiger partial charge on any atom is -0.318 e. The minimum atomic E-state index is -0.722. The van der Waals surface area contributed by atoms with E-state index < -0.39 is 11.9 Å². The lowest BCUT2D eigenvalue weighted by Gasteiger charge is -2.11. The summed E-state index contributed by atoms with van der Waals surface area (Å²) in [6.07, 6.45) is 0.0205. The summed E-state index contributed by atoms with van der Waals surface area (Å²) in [4.78, 5) is 12.1. The monoisotopic (exact) mass is 277 g/mol. The van der Waals surface area contributed by atoms with E-state index in [1.165, 1.54) is 18.2 Å². The molecule has 98 valence electrons. The number of hydrogen-bond donors (Lipinski definition) is 1. The number of halogens is 2. The van der Waals surface area contributed by atoms with E-state index in [-0.39, 0.29) is 12.2 Å². The average Bonchev–Trinajstić information content (AvgIpc) is 2.43. The van der Waals surface area contributed by atoms with Gasteiger partial charge in [-0.3, -0.25) is 4.79 Å². The topological polar surface area (TPSA) is 43.1 Å². The zero-order valence-electron chi connectivity index (χ0n) is 10.1. The molecule has 4 heteroatoms. The molecule has 0 heterocycles. The second kappa shape index (κ2) is 5.95. The van der Waals surface area contributed by atoms with Gasteiger partial charge < -0.3 is 5.73 Å². The predicted molar refractivity (Wildman–Crippen MR) is 73.5 cm³/mol. The van der Waals surface area contributed by atoms with Gasteiger partial charge in [0.15, 0.2) is 5.78 Å². The standard InChI is InChI=1S/C15H13ClFNO/c16-13-7-6-12(17)8-11(13)9-14(19)15(18)10-4-2-1-3-5-10/h1-8,15H,9,18H2/t15-/m1/s1.